The van der Waals surface area contributed by atoms with Crippen LogP contribution in [-0.2, 0) is 0 Å². The summed E-state index contributed by atoms with van der Waals surface area (Å²) in [6, 6.07) is 31.6. The lowest BCUT2D eigenvalue weighted by Crippen LogP contribution is -2.14. The molecule has 0 radical (unpaired) electrons. The summed E-state index contributed by atoms with van der Waals surface area (Å²) in [4.78, 5) is 0. The van der Waals surface area contributed by atoms with Gasteiger partial charge in [-0.2, -0.15) is 0 Å². The molecule has 0 aliphatic heterocycles. The summed E-state index contributed by atoms with van der Waals surface area (Å²) in [6.45, 7) is 1.84. The molecule has 1 heteroatoms. The van der Waals surface area contributed by atoms with Crippen molar-refractivity contribution in [2.45, 2.75) is 6.42 Å². The molecule has 3 rings (SSSR count). The van der Waals surface area contributed by atoms with Crippen LogP contribution in [0.25, 0.3) is 11.6 Å². The zero-order valence-electron chi connectivity index (χ0n) is 15.0. The number of nitrogens with one attached hydrogen (secondary N) is 1. The third kappa shape index (κ3) is 5.58. The Morgan fingerprint density at radius 2 is 1.23 bits per heavy atom. The zero-order valence-corrected chi connectivity index (χ0v) is 15.0. The molecule has 0 bridgehead atoms. The molecule has 1 nitrogen and oxygen atoms in total. The van der Waals surface area contributed by atoms with Gasteiger partial charge in [0, 0.05) is 6.54 Å². The van der Waals surface area contributed by atoms with Crippen molar-refractivity contribution in [3.8, 4) is 0 Å². The quantitative estimate of drug-likeness (QED) is 0.511. The highest BCUT2D eigenvalue weighted by atomic mass is 14.8. The van der Waals surface area contributed by atoms with Gasteiger partial charge in [0.1, 0.15) is 0 Å². The van der Waals surface area contributed by atoms with E-state index in [9.17, 15) is 0 Å². The van der Waals surface area contributed by atoms with Crippen molar-refractivity contribution in [3.05, 3.63) is 120 Å². The van der Waals surface area contributed by atoms with Gasteiger partial charge in [-0.05, 0) is 35.2 Å². The highest BCUT2D eigenvalue weighted by Gasteiger charge is 2.03. The predicted molar refractivity (Wildman–Crippen MR) is 113 cm³/mol. The SMILES string of the molecule is C(CCNC/C=C/c1ccccc1)=C(c1ccccc1)c1ccccc1. The number of hydrogen-bond acceptors (Lipinski definition) is 1. The number of rotatable bonds is 8. The Hall–Kier alpha value is -2.90. The first-order valence-corrected chi connectivity index (χ1v) is 9.17. The van der Waals surface area contributed by atoms with Crippen LogP contribution in [0, 0.1) is 0 Å². The molecular weight excluding hydrogens is 314 g/mol. The Morgan fingerprint density at radius 3 is 1.81 bits per heavy atom. The molecule has 0 saturated heterocycles. The van der Waals surface area contributed by atoms with Crippen LogP contribution in [0.3, 0.4) is 0 Å². The summed E-state index contributed by atoms with van der Waals surface area (Å²) in [7, 11) is 0. The maximum Gasteiger partial charge on any atom is 0.0138 e. The molecule has 3 aromatic rings. The minimum absolute atomic E-state index is 0.884. The minimum atomic E-state index is 0.884. The van der Waals surface area contributed by atoms with E-state index in [1.165, 1.54) is 22.3 Å². The molecule has 130 valence electrons. The third-order valence-electron chi connectivity index (χ3n) is 4.21. The normalized spacial score (nSPS) is 10.8. The lowest BCUT2D eigenvalue weighted by Gasteiger charge is -2.09. The smallest absolute Gasteiger partial charge is 0.0138 e. The second-order valence-corrected chi connectivity index (χ2v) is 6.16. The Bertz CT molecular complexity index is 776. The molecule has 0 spiro atoms. The van der Waals surface area contributed by atoms with Gasteiger partial charge < -0.3 is 5.32 Å². The van der Waals surface area contributed by atoms with E-state index in [0.717, 1.165) is 19.5 Å². The number of benzene rings is 3. The largest absolute Gasteiger partial charge is 0.313 e. The Balaban J connectivity index is 1.55. The number of hydrogen-bond donors (Lipinski definition) is 1. The zero-order chi connectivity index (χ0) is 17.9. The predicted octanol–water partition coefficient (Wildman–Crippen LogP) is 5.81. The Labute approximate surface area is 156 Å². The third-order valence-corrected chi connectivity index (χ3v) is 4.21. The molecule has 0 saturated carbocycles. The topological polar surface area (TPSA) is 12.0 Å². The van der Waals surface area contributed by atoms with E-state index in [1.54, 1.807) is 0 Å². The van der Waals surface area contributed by atoms with Crippen molar-refractivity contribution in [3.63, 3.8) is 0 Å². The molecule has 0 aliphatic rings. The highest BCUT2D eigenvalue weighted by molar-refractivity contribution is 5.79. The van der Waals surface area contributed by atoms with Gasteiger partial charge in [-0.15, -0.1) is 0 Å². The summed E-state index contributed by atoms with van der Waals surface area (Å²) in [5.74, 6) is 0. The molecule has 26 heavy (non-hydrogen) atoms. The van der Waals surface area contributed by atoms with E-state index in [0.29, 0.717) is 0 Å². The van der Waals surface area contributed by atoms with E-state index >= 15 is 0 Å². The first-order chi connectivity index (χ1) is 12.9. The molecule has 0 aromatic heterocycles. The fourth-order valence-corrected chi connectivity index (χ4v) is 2.90. The van der Waals surface area contributed by atoms with Crippen LogP contribution in [0.2, 0.25) is 0 Å². The molecule has 0 unspecified atom stereocenters. The summed E-state index contributed by atoms with van der Waals surface area (Å²) in [5, 5.41) is 3.48. The van der Waals surface area contributed by atoms with Crippen molar-refractivity contribution in [1.29, 1.82) is 0 Å². The van der Waals surface area contributed by atoms with Crippen LogP contribution in [0.1, 0.15) is 23.1 Å². The standard InChI is InChI=1S/C25H25N/c1-4-12-22(13-5-1)14-10-20-26-21-11-19-25(23-15-6-2-7-16-23)24-17-8-3-9-18-24/h1-10,12-19,26H,11,20-21H2/b14-10+. The molecule has 0 aliphatic carbocycles. The summed E-state index contributed by atoms with van der Waals surface area (Å²) >= 11 is 0. The van der Waals surface area contributed by atoms with Crippen LogP contribution in [0.15, 0.2) is 103 Å². The van der Waals surface area contributed by atoms with Crippen molar-refractivity contribution in [2.75, 3.05) is 13.1 Å². The molecule has 0 atom stereocenters. The monoisotopic (exact) mass is 339 g/mol. The highest BCUT2D eigenvalue weighted by Crippen LogP contribution is 2.23. The van der Waals surface area contributed by atoms with E-state index in [-0.39, 0.29) is 0 Å². The molecule has 0 fully saturated rings. The van der Waals surface area contributed by atoms with E-state index in [2.05, 4.69) is 108 Å². The van der Waals surface area contributed by atoms with Crippen molar-refractivity contribution < 1.29 is 0 Å². The molecule has 1 N–H and O–H groups in total. The Kier molecular flexibility index (Phi) is 7.01. The van der Waals surface area contributed by atoms with E-state index in [4.69, 9.17) is 0 Å². The average molecular weight is 339 g/mol. The molecule has 3 aromatic carbocycles. The first kappa shape index (κ1) is 17.9. The van der Waals surface area contributed by atoms with Crippen LogP contribution in [0.4, 0.5) is 0 Å². The lowest BCUT2D eigenvalue weighted by molar-refractivity contribution is 0.758. The fraction of sp³-hybridized carbons (Fsp3) is 0.120. The Morgan fingerprint density at radius 1 is 0.692 bits per heavy atom. The van der Waals surface area contributed by atoms with Crippen LogP contribution in [0.5, 0.6) is 0 Å². The van der Waals surface area contributed by atoms with Gasteiger partial charge in [-0.25, -0.2) is 0 Å². The molecule has 0 amide bonds. The van der Waals surface area contributed by atoms with E-state index < -0.39 is 0 Å². The minimum Gasteiger partial charge on any atom is -0.313 e. The van der Waals surface area contributed by atoms with Crippen LogP contribution in [-0.4, -0.2) is 13.1 Å². The van der Waals surface area contributed by atoms with Crippen molar-refractivity contribution >= 4 is 11.6 Å². The maximum absolute atomic E-state index is 3.48. The summed E-state index contributed by atoms with van der Waals surface area (Å²) in [5.41, 5.74) is 5.07. The van der Waals surface area contributed by atoms with Crippen LogP contribution >= 0.6 is 0 Å². The van der Waals surface area contributed by atoms with Gasteiger partial charge in [-0.1, -0.05) is 109 Å². The van der Waals surface area contributed by atoms with Gasteiger partial charge in [-0.3, -0.25) is 0 Å². The average Bonchev–Trinajstić information content (AvgIpc) is 2.72. The second-order valence-electron chi connectivity index (χ2n) is 6.16. The second kappa shape index (κ2) is 10.2. The summed E-state index contributed by atoms with van der Waals surface area (Å²) < 4.78 is 0. The first-order valence-electron chi connectivity index (χ1n) is 9.17. The van der Waals surface area contributed by atoms with Gasteiger partial charge in [0.05, 0.1) is 0 Å². The van der Waals surface area contributed by atoms with Gasteiger partial charge in [0.25, 0.3) is 0 Å². The molecular formula is C25H25N. The lowest BCUT2D eigenvalue weighted by atomic mass is 9.97. The maximum atomic E-state index is 3.48. The van der Waals surface area contributed by atoms with E-state index in [1.807, 2.05) is 6.07 Å². The van der Waals surface area contributed by atoms with Gasteiger partial charge in [0.2, 0.25) is 0 Å². The fourth-order valence-electron chi connectivity index (χ4n) is 2.90. The van der Waals surface area contributed by atoms with Crippen molar-refractivity contribution in [1.82, 2.24) is 5.32 Å². The van der Waals surface area contributed by atoms with Gasteiger partial charge >= 0.3 is 0 Å². The van der Waals surface area contributed by atoms with Crippen molar-refractivity contribution in [2.24, 2.45) is 0 Å². The molecule has 0 heterocycles. The van der Waals surface area contributed by atoms with Crippen LogP contribution < -0.4 is 5.32 Å². The van der Waals surface area contributed by atoms with Gasteiger partial charge in [0.15, 0.2) is 0 Å². The summed E-state index contributed by atoms with van der Waals surface area (Å²) in [6.07, 6.45) is 7.66.